The predicted molar refractivity (Wildman–Crippen MR) is 104 cm³/mol. The number of hydrogen-bond donors (Lipinski definition) is 1. The van der Waals surface area contributed by atoms with Crippen molar-refractivity contribution in [3.8, 4) is 12.3 Å². The standard InChI is InChI=1S/C21H26O3Si/c1-5-18(22)16-17-23-25(24-21(2,3)4,19-12-8-6-9-13-19)20-14-10-7-11-15-20/h1,6-15,18,22H,16-17H2,2-4H3/t18-/m1/s1. The first-order valence-electron chi connectivity index (χ1n) is 8.47. The van der Waals surface area contributed by atoms with Crippen LogP contribution in [-0.4, -0.2) is 32.0 Å². The molecule has 0 unspecified atom stereocenters. The Hall–Kier alpha value is -1.90. The molecule has 0 spiro atoms. The fourth-order valence-electron chi connectivity index (χ4n) is 2.62. The Bertz CT molecular complexity index is 647. The minimum absolute atomic E-state index is 0.331. The summed E-state index contributed by atoms with van der Waals surface area (Å²) in [4.78, 5) is 0. The van der Waals surface area contributed by atoms with Crippen molar-refractivity contribution < 1.29 is 14.0 Å². The van der Waals surface area contributed by atoms with Gasteiger partial charge in [-0.3, -0.25) is 0 Å². The zero-order valence-electron chi connectivity index (χ0n) is 15.1. The van der Waals surface area contributed by atoms with Crippen LogP contribution in [-0.2, 0) is 8.85 Å². The highest BCUT2D eigenvalue weighted by Gasteiger charge is 2.45. The Balaban J connectivity index is 2.48. The predicted octanol–water partition coefficient (Wildman–Crippen LogP) is 2.46. The maximum absolute atomic E-state index is 9.69. The Morgan fingerprint density at radius 1 is 1.00 bits per heavy atom. The van der Waals surface area contributed by atoms with E-state index in [2.05, 4.69) is 5.92 Å². The highest BCUT2D eigenvalue weighted by Crippen LogP contribution is 2.19. The average Bonchev–Trinajstić information content (AvgIpc) is 2.61. The summed E-state index contributed by atoms with van der Waals surface area (Å²) in [6, 6.07) is 20.1. The van der Waals surface area contributed by atoms with E-state index in [1.165, 1.54) is 0 Å². The molecule has 1 atom stereocenters. The van der Waals surface area contributed by atoms with Crippen LogP contribution in [0.4, 0.5) is 0 Å². The van der Waals surface area contributed by atoms with Gasteiger partial charge in [-0.05, 0) is 31.1 Å². The first-order valence-corrected chi connectivity index (χ1v) is 10.3. The quantitative estimate of drug-likeness (QED) is 0.613. The SMILES string of the molecule is C#C[C@@H](O)CCO[Si](OC(C)(C)C)(c1ccccc1)c1ccccc1. The van der Waals surface area contributed by atoms with Crippen LogP contribution >= 0.6 is 0 Å². The van der Waals surface area contributed by atoms with Crippen molar-refractivity contribution in [2.45, 2.75) is 38.9 Å². The van der Waals surface area contributed by atoms with E-state index in [0.29, 0.717) is 13.0 Å². The lowest BCUT2D eigenvalue weighted by Gasteiger charge is -2.37. The molecular formula is C21H26O3Si. The molecule has 0 bridgehead atoms. The molecule has 2 aromatic carbocycles. The van der Waals surface area contributed by atoms with Gasteiger partial charge < -0.3 is 14.0 Å². The van der Waals surface area contributed by atoms with Gasteiger partial charge >= 0.3 is 8.56 Å². The minimum Gasteiger partial charge on any atom is -0.388 e. The molecule has 0 aromatic heterocycles. The van der Waals surface area contributed by atoms with Crippen LogP contribution in [0.5, 0.6) is 0 Å². The van der Waals surface area contributed by atoms with E-state index < -0.39 is 14.7 Å². The van der Waals surface area contributed by atoms with E-state index in [1.807, 2.05) is 81.4 Å². The maximum atomic E-state index is 9.69. The molecule has 25 heavy (non-hydrogen) atoms. The summed E-state index contributed by atoms with van der Waals surface area (Å²) in [5, 5.41) is 11.8. The van der Waals surface area contributed by atoms with Gasteiger partial charge in [0.05, 0.1) is 5.60 Å². The van der Waals surface area contributed by atoms with Crippen LogP contribution in [0.15, 0.2) is 60.7 Å². The van der Waals surface area contributed by atoms with Crippen molar-refractivity contribution in [3.05, 3.63) is 60.7 Å². The van der Waals surface area contributed by atoms with E-state index in [-0.39, 0.29) is 5.60 Å². The number of aliphatic hydroxyl groups is 1. The summed E-state index contributed by atoms with van der Waals surface area (Å²) in [5.41, 5.74) is -0.386. The number of hydrogen-bond acceptors (Lipinski definition) is 3. The van der Waals surface area contributed by atoms with Gasteiger partial charge in [0.25, 0.3) is 0 Å². The molecule has 0 aliphatic heterocycles. The van der Waals surface area contributed by atoms with E-state index in [0.717, 1.165) is 10.4 Å². The third-order valence-corrected chi connectivity index (χ3v) is 7.34. The Kier molecular flexibility index (Phi) is 6.57. The molecule has 4 heteroatoms. The molecule has 0 saturated heterocycles. The molecule has 0 heterocycles. The van der Waals surface area contributed by atoms with Crippen LogP contribution in [0.3, 0.4) is 0 Å². The number of rotatable bonds is 7. The number of terminal acetylenes is 1. The summed E-state index contributed by atoms with van der Waals surface area (Å²) in [6.45, 7) is 6.41. The summed E-state index contributed by atoms with van der Waals surface area (Å²) in [7, 11) is -2.94. The van der Waals surface area contributed by atoms with Gasteiger partial charge in [-0.2, -0.15) is 0 Å². The lowest BCUT2D eigenvalue weighted by molar-refractivity contribution is 0.0723. The van der Waals surface area contributed by atoms with Gasteiger partial charge in [0, 0.05) is 13.0 Å². The summed E-state index contributed by atoms with van der Waals surface area (Å²) in [5.74, 6) is 2.33. The van der Waals surface area contributed by atoms with Gasteiger partial charge in [0.1, 0.15) is 6.10 Å². The topological polar surface area (TPSA) is 38.7 Å². The van der Waals surface area contributed by atoms with Crippen LogP contribution in [0.2, 0.25) is 0 Å². The molecule has 0 radical (unpaired) electrons. The molecule has 1 N–H and O–H groups in total. The van der Waals surface area contributed by atoms with Crippen molar-refractivity contribution in [3.63, 3.8) is 0 Å². The zero-order valence-corrected chi connectivity index (χ0v) is 16.1. The van der Waals surface area contributed by atoms with Crippen molar-refractivity contribution >= 4 is 18.9 Å². The molecule has 0 fully saturated rings. The first kappa shape index (κ1) is 19.4. The highest BCUT2D eigenvalue weighted by molar-refractivity contribution is 6.92. The molecule has 0 aliphatic rings. The molecule has 2 aromatic rings. The van der Waals surface area contributed by atoms with Gasteiger partial charge in [-0.1, -0.05) is 66.6 Å². The van der Waals surface area contributed by atoms with Crippen molar-refractivity contribution in [1.29, 1.82) is 0 Å². The van der Waals surface area contributed by atoms with Gasteiger partial charge in [-0.15, -0.1) is 6.42 Å². The first-order chi connectivity index (χ1) is 11.9. The van der Waals surface area contributed by atoms with Crippen LogP contribution in [0.1, 0.15) is 27.2 Å². The molecule has 0 saturated carbocycles. The second-order valence-electron chi connectivity index (χ2n) is 6.88. The van der Waals surface area contributed by atoms with E-state index in [4.69, 9.17) is 15.3 Å². The second-order valence-corrected chi connectivity index (χ2v) is 9.76. The zero-order chi connectivity index (χ0) is 18.3. The van der Waals surface area contributed by atoms with Crippen molar-refractivity contribution in [2.24, 2.45) is 0 Å². The van der Waals surface area contributed by atoms with E-state index in [1.54, 1.807) is 0 Å². The summed E-state index contributed by atoms with van der Waals surface area (Å²) >= 11 is 0. The molecule has 0 amide bonds. The lowest BCUT2D eigenvalue weighted by atomic mass is 10.2. The second kappa shape index (κ2) is 8.46. The molecule has 3 nitrogen and oxygen atoms in total. The Labute approximate surface area is 151 Å². The van der Waals surface area contributed by atoms with Crippen molar-refractivity contribution in [1.82, 2.24) is 0 Å². The normalized spacial score (nSPS) is 13.2. The largest absolute Gasteiger partial charge is 0.407 e. The molecular weight excluding hydrogens is 328 g/mol. The maximum Gasteiger partial charge on any atom is 0.407 e. The third-order valence-electron chi connectivity index (χ3n) is 3.65. The highest BCUT2D eigenvalue weighted by atomic mass is 28.4. The number of benzene rings is 2. The van der Waals surface area contributed by atoms with Gasteiger partial charge in [-0.25, -0.2) is 0 Å². The fraction of sp³-hybridized carbons (Fsp3) is 0.333. The smallest absolute Gasteiger partial charge is 0.388 e. The van der Waals surface area contributed by atoms with Gasteiger partial charge in [0.2, 0.25) is 0 Å². The Morgan fingerprint density at radius 3 is 1.88 bits per heavy atom. The lowest BCUT2D eigenvalue weighted by Crippen LogP contribution is -2.66. The average molecular weight is 355 g/mol. The third kappa shape index (κ3) is 5.28. The van der Waals surface area contributed by atoms with E-state index >= 15 is 0 Å². The fourth-order valence-corrected chi connectivity index (χ4v) is 6.12. The van der Waals surface area contributed by atoms with Crippen molar-refractivity contribution in [2.75, 3.05) is 6.61 Å². The molecule has 132 valence electrons. The summed E-state index contributed by atoms with van der Waals surface area (Å²) < 4.78 is 13.0. The molecule has 0 aliphatic carbocycles. The van der Waals surface area contributed by atoms with Gasteiger partial charge in [0.15, 0.2) is 0 Å². The summed E-state index contributed by atoms with van der Waals surface area (Å²) in [6.07, 6.45) is 4.83. The Morgan fingerprint density at radius 2 is 1.48 bits per heavy atom. The van der Waals surface area contributed by atoms with Crippen LogP contribution in [0, 0.1) is 12.3 Å². The van der Waals surface area contributed by atoms with Crippen LogP contribution in [0.25, 0.3) is 0 Å². The number of aliphatic hydroxyl groups excluding tert-OH is 1. The molecule has 2 rings (SSSR count). The van der Waals surface area contributed by atoms with Crippen LogP contribution < -0.4 is 10.4 Å². The minimum atomic E-state index is -2.94. The van der Waals surface area contributed by atoms with E-state index in [9.17, 15) is 5.11 Å². The monoisotopic (exact) mass is 354 g/mol.